The van der Waals surface area contributed by atoms with Gasteiger partial charge in [0.2, 0.25) is 0 Å². The Morgan fingerprint density at radius 1 is 1.52 bits per heavy atom. The second-order valence-electron chi connectivity index (χ2n) is 6.11. The molecule has 0 N–H and O–H groups in total. The van der Waals surface area contributed by atoms with Gasteiger partial charge in [-0.25, -0.2) is 0 Å². The maximum absolute atomic E-state index is 12.8. The molecule has 2 saturated heterocycles. The molecule has 0 aliphatic carbocycles. The van der Waals surface area contributed by atoms with Gasteiger partial charge < -0.3 is 18.8 Å². The summed E-state index contributed by atoms with van der Waals surface area (Å²) in [7, 11) is 0. The number of carbonyl (C=O) groups excluding carboxylic acids is 1. The third-order valence-electron chi connectivity index (χ3n) is 4.21. The van der Waals surface area contributed by atoms with E-state index in [1.165, 1.54) is 0 Å². The molecule has 5 heteroatoms. The minimum atomic E-state index is -0.317. The second-order valence-corrected chi connectivity index (χ2v) is 6.11. The van der Waals surface area contributed by atoms with Crippen molar-refractivity contribution in [3.8, 4) is 0 Å². The van der Waals surface area contributed by atoms with E-state index in [-0.39, 0.29) is 17.6 Å². The maximum Gasteiger partial charge on any atom is 0.257 e. The fraction of sp³-hybridized carbons (Fsp3) is 0.688. The highest BCUT2D eigenvalue weighted by atomic mass is 16.6. The highest BCUT2D eigenvalue weighted by Crippen LogP contribution is 2.31. The van der Waals surface area contributed by atoms with E-state index in [0.717, 1.165) is 25.0 Å². The third kappa shape index (κ3) is 2.85. The number of hydrogen-bond donors (Lipinski definition) is 0. The van der Waals surface area contributed by atoms with Crippen molar-refractivity contribution in [2.45, 2.75) is 44.8 Å². The average Bonchev–Trinajstić information content (AvgIpc) is 3.07. The van der Waals surface area contributed by atoms with Crippen molar-refractivity contribution in [3.63, 3.8) is 0 Å². The molecule has 0 radical (unpaired) electrons. The second kappa shape index (κ2) is 5.81. The van der Waals surface area contributed by atoms with Crippen molar-refractivity contribution in [2.75, 3.05) is 26.3 Å². The Hall–Kier alpha value is -1.33. The van der Waals surface area contributed by atoms with Crippen LogP contribution in [0.2, 0.25) is 0 Å². The van der Waals surface area contributed by atoms with Crippen molar-refractivity contribution >= 4 is 5.91 Å². The highest BCUT2D eigenvalue weighted by molar-refractivity contribution is 5.95. The van der Waals surface area contributed by atoms with E-state index in [1.54, 1.807) is 12.3 Å². The number of morpholine rings is 1. The monoisotopic (exact) mass is 293 g/mol. The Labute approximate surface area is 125 Å². The van der Waals surface area contributed by atoms with Gasteiger partial charge in [0.1, 0.15) is 11.4 Å². The number of carbonyl (C=O) groups is 1. The molecule has 3 rings (SSSR count). The Balaban J connectivity index is 1.78. The number of amides is 1. The van der Waals surface area contributed by atoms with Crippen molar-refractivity contribution < 1.29 is 18.7 Å². The molecule has 2 atom stereocenters. The first-order valence-electron chi connectivity index (χ1n) is 7.75. The fourth-order valence-corrected chi connectivity index (χ4v) is 3.31. The standard InChI is InChI=1S/C16H23NO4/c1-3-4-14-13(5-7-20-14)15(18)17-9-12(2)21-16(10-17)6-8-19-11-16/h5,7,12H,3-4,6,8-11H2,1-2H3. The third-order valence-corrected chi connectivity index (χ3v) is 4.21. The Morgan fingerprint density at radius 3 is 3.10 bits per heavy atom. The lowest BCUT2D eigenvalue weighted by atomic mass is 9.98. The Bertz CT molecular complexity index is 504. The Morgan fingerprint density at radius 2 is 2.38 bits per heavy atom. The maximum atomic E-state index is 12.8. The van der Waals surface area contributed by atoms with Crippen LogP contribution < -0.4 is 0 Å². The van der Waals surface area contributed by atoms with Gasteiger partial charge in [0.25, 0.3) is 5.91 Å². The zero-order valence-electron chi connectivity index (χ0n) is 12.8. The van der Waals surface area contributed by atoms with Crippen LogP contribution in [0.1, 0.15) is 42.8 Å². The summed E-state index contributed by atoms with van der Waals surface area (Å²) in [5, 5.41) is 0. The number of hydrogen-bond acceptors (Lipinski definition) is 4. The molecule has 0 aromatic carbocycles. The first kappa shape index (κ1) is 14.6. The molecular formula is C16H23NO4. The van der Waals surface area contributed by atoms with Gasteiger partial charge in [0.15, 0.2) is 0 Å². The van der Waals surface area contributed by atoms with Gasteiger partial charge in [0.05, 0.1) is 31.1 Å². The van der Waals surface area contributed by atoms with E-state index in [4.69, 9.17) is 13.9 Å². The number of rotatable bonds is 3. The predicted molar refractivity (Wildman–Crippen MR) is 77.3 cm³/mol. The summed E-state index contributed by atoms with van der Waals surface area (Å²) in [6, 6.07) is 1.78. The van der Waals surface area contributed by atoms with Gasteiger partial charge in [0, 0.05) is 26.0 Å². The molecule has 1 aromatic rings. The summed E-state index contributed by atoms with van der Waals surface area (Å²) in [6.07, 6.45) is 4.25. The molecule has 0 saturated carbocycles. The molecule has 116 valence electrons. The first-order valence-corrected chi connectivity index (χ1v) is 7.75. The molecular weight excluding hydrogens is 270 g/mol. The lowest BCUT2D eigenvalue weighted by Gasteiger charge is -2.42. The van der Waals surface area contributed by atoms with Gasteiger partial charge in [-0.2, -0.15) is 0 Å². The predicted octanol–water partition coefficient (Wildman–Crippen LogP) is 2.25. The first-order chi connectivity index (χ1) is 10.1. The van der Waals surface area contributed by atoms with E-state index in [0.29, 0.717) is 31.9 Å². The summed E-state index contributed by atoms with van der Waals surface area (Å²) in [5.74, 6) is 0.840. The molecule has 2 unspecified atom stereocenters. The molecule has 1 aromatic heterocycles. The fourth-order valence-electron chi connectivity index (χ4n) is 3.31. The average molecular weight is 293 g/mol. The SMILES string of the molecule is CCCc1occc1C(=O)N1CC(C)OC2(CCOC2)C1. The van der Waals surface area contributed by atoms with E-state index in [2.05, 4.69) is 6.92 Å². The van der Waals surface area contributed by atoms with Gasteiger partial charge in [-0.3, -0.25) is 4.79 Å². The highest BCUT2D eigenvalue weighted by Gasteiger charge is 2.44. The van der Waals surface area contributed by atoms with Gasteiger partial charge >= 0.3 is 0 Å². The quantitative estimate of drug-likeness (QED) is 0.857. The molecule has 21 heavy (non-hydrogen) atoms. The normalized spacial score (nSPS) is 29.2. The summed E-state index contributed by atoms with van der Waals surface area (Å²) in [5.41, 5.74) is 0.377. The van der Waals surface area contributed by atoms with Crippen molar-refractivity contribution in [3.05, 3.63) is 23.7 Å². The molecule has 2 aliphatic rings. The zero-order chi connectivity index (χ0) is 14.9. The largest absolute Gasteiger partial charge is 0.469 e. The van der Waals surface area contributed by atoms with E-state index >= 15 is 0 Å². The van der Waals surface area contributed by atoms with E-state index < -0.39 is 0 Å². The van der Waals surface area contributed by atoms with Crippen LogP contribution >= 0.6 is 0 Å². The van der Waals surface area contributed by atoms with E-state index in [9.17, 15) is 4.79 Å². The number of furan rings is 1. The molecule has 1 spiro atoms. The smallest absolute Gasteiger partial charge is 0.257 e. The van der Waals surface area contributed by atoms with Crippen molar-refractivity contribution in [2.24, 2.45) is 0 Å². The van der Waals surface area contributed by atoms with E-state index in [1.807, 2.05) is 11.8 Å². The molecule has 3 heterocycles. The summed E-state index contributed by atoms with van der Waals surface area (Å²) < 4.78 is 17.0. The van der Waals surface area contributed by atoms with Crippen LogP contribution in [0.25, 0.3) is 0 Å². The lowest BCUT2D eigenvalue weighted by Crippen LogP contribution is -2.57. The summed E-state index contributed by atoms with van der Waals surface area (Å²) in [4.78, 5) is 14.7. The topological polar surface area (TPSA) is 51.9 Å². The summed E-state index contributed by atoms with van der Waals surface area (Å²) in [6.45, 7) is 6.61. The van der Waals surface area contributed by atoms with Gasteiger partial charge in [-0.15, -0.1) is 0 Å². The zero-order valence-corrected chi connectivity index (χ0v) is 12.8. The van der Waals surface area contributed by atoms with Crippen LogP contribution in [0.3, 0.4) is 0 Å². The molecule has 2 aliphatic heterocycles. The summed E-state index contributed by atoms with van der Waals surface area (Å²) >= 11 is 0. The van der Waals surface area contributed by atoms with Crippen LogP contribution in [0.5, 0.6) is 0 Å². The molecule has 0 bridgehead atoms. The Kier molecular flexibility index (Phi) is 4.04. The van der Waals surface area contributed by atoms with Crippen LogP contribution in [0, 0.1) is 0 Å². The minimum absolute atomic E-state index is 0.0333. The van der Waals surface area contributed by atoms with Crippen LogP contribution in [0.15, 0.2) is 16.7 Å². The number of aryl methyl sites for hydroxylation is 1. The molecule has 5 nitrogen and oxygen atoms in total. The number of ether oxygens (including phenoxy) is 2. The van der Waals surface area contributed by atoms with Crippen LogP contribution in [-0.2, 0) is 15.9 Å². The van der Waals surface area contributed by atoms with Gasteiger partial charge in [-0.05, 0) is 19.4 Å². The number of nitrogens with zero attached hydrogens (tertiary/aromatic N) is 1. The van der Waals surface area contributed by atoms with Crippen molar-refractivity contribution in [1.82, 2.24) is 4.90 Å². The van der Waals surface area contributed by atoms with Crippen LogP contribution in [0.4, 0.5) is 0 Å². The minimum Gasteiger partial charge on any atom is -0.469 e. The van der Waals surface area contributed by atoms with Gasteiger partial charge in [-0.1, -0.05) is 6.92 Å². The molecule has 2 fully saturated rings. The lowest BCUT2D eigenvalue weighted by molar-refractivity contribution is -0.138. The van der Waals surface area contributed by atoms with Crippen molar-refractivity contribution in [1.29, 1.82) is 0 Å². The molecule has 1 amide bonds. The van der Waals surface area contributed by atoms with Crippen LogP contribution in [-0.4, -0.2) is 48.8 Å².